The number of thiocarbonyl (C=S) groups is 1. The molecule has 0 aliphatic heterocycles. The van der Waals surface area contributed by atoms with Gasteiger partial charge >= 0.3 is 0 Å². The van der Waals surface area contributed by atoms with Gasteiger partial charge in [-0.2, -0.15) is 0 Å². The standard InChI is InChI=1S/C31H28N4O3S/c1-35(30(39)33-27(36)24-18-10-4-11-19-24)29(38)31(32,25-20-12-5-13-21-25)34-28(37)26(22-14-6-2-7-15-22)23-16-8-3-9-17-23/h2-21,26H,32H2,1H3,(H,34,37)(H,33,36,39). The first-order valence-electron chi connectivity index (χ1n) is 12.3. The van der Waals surface area contributed by atoms with Gasteiger partial charge in [0.1, 0.15) is 0 Å². The monoisotopic (exact) mass is 536 g/mol. The van der Waals surface area contributed by atoms with E-state index in [4.69, 9.17) is 18.0 Å². The molecule has 1 unspecified atom stereocenters. The van der Waals surface area contributed by atoms with Crippen LogP contribution in [0.5, 0.6) is 0 Å². The highest BCUT2D eigenvalue weighted by molar-refractivity contribution is 7.80. The van der Waals surface area contributed by atoms with Crippen molar-refractivity contribution in [1.82, 2.24) is 15.5 Å². The average Bonchev–Trinajstić information content (AvgIpc) is 2.98. The Balaban J connectivity index is 1.65. The minimum Gasteiger partial charge on any atom is -0.326 e. The van der Waals surface area contributed by atoms with E-state index in [1.807, 2.05) is 60.7 Å². The van der Waals surface area contributed by atoms with Crippen LogP contribution < -0.4 is 16.4 Å². The molecular weight excluding hydrogens is 508 g/mol. The first-order valence-corrected chi connectivity index (χ1v) is 12.7. The molecule has 4 aromatic rings. The van der Waals surface area contributed by atoms with Gasteiger partial charge in [-0.1, -0.05) is 109 Å². The van der Waals surface area contributed by atoms with Gasteiger partial charge in [-0.25, -0.2) is 0 Å². The molecule has 4 aromatic carbocycles. The summed E-state index contributed by atoms with van der Waals surface area (Å²) in [5.41, 5.74) is 6.96. The highest BCUT2D eigenvalue weighted by Gasteiger charge is 2.42. The van der Waals surface area contributed by atoms with Crippen molar-refractivity contribution in [3.05, 3.63) is 144 Å². The van der Waals surface area contributed by atoms with Crippen molar-refractivity contribution in [3.63, 3.8) is 0 Å². The van der Waals surface area contributed by atoms with Crippen LogP contribution in [0.1, 0.15) is 33.0 Å². The van der Waals surface area contributed by atoms with E-state index in [1.165, 1.54) is 7.05 Å². The predicted octanol–water partition coefficient (Wildman–Crippen LogP) is 3.92. The molecule has 0 spiro atoms. The predicted molar refractivity (Wildman–Crippen MR) is 154 cm³/mol. The Morgan fingerprint density at radius 1 is 0.744 bits per heavy atom. The first kappa shape index (κ1) is 27.4. The van der Waals surface area contributed by atoms with Crippen LogP contribution in [-0.2, 0) is 15.3 Å². The Bertz CT molecular complexity index is 1410. The largest absolute Gasteiger partial charge is 0.326 e. The second-order valence-corrected chi connectivity index (χ2v) is 9.29. The number of benzene rings is 4. The summed E-state index contributed by atoms with van der Waals surface area (Å²) in [6.45, 7) is 0. The first-order chi connectivity index (χ1) is 18.8. The molecule has 1 atom stereocenters. The molecule has 0 heterocycles. The van der Waals surface area contributed by atoms with Gasteiger partial charge in [-0.05, 0) is 35.5 Å². The molecule has 4 N–H and O–H groups in total. The topological polar surface area (TPSA) is 105 Å². The number of carbonyl (C=O) groups excluding carboxylic acids is 3. The van der Waals surface area contributed by atoms with Crippen LogP contribution in [-0.4, -0.2) is 34.8 Å². The van der Waals surface area contributed by atoms with E-state index in [-0.39, 0.29) is 5.11 Å². The third-order valence-electron chi connectivity index (χ3n) is 6.28. The molecule has 0 fully saturated rings. The lowest BCUT2D eigenvalue weighted by Gasteiger charge is -2.35. The lowest BCUT2D eigenvalue weighted by molar-refractivity contribution is -0.138. The summed E-state index contributed by atoms with van der Waals surface area (Å²) >= 11 is 5.37. The number of carbonyl (C=O) groups is 3. The van der Waals surface area contributed by atoms with Crippen LogP contribution in [0.2, 0.25) is 0 Å². The van der Waals surface area contributed by atoms with Crippen molar-refractivity contribution in [2.45, 2.75) is 11.6 Å². The number of nitrogens with two attached hydrogens (primary N) is 1. The van der Waals surface area contributed by atoms with Gasteiger partial charge in [-0.3, -0.25) is 30.3 Å². The molecule has 0 bridgehead atoms. The minimum absolute atomic E-state index is 0.156. The maximum Gasteiger partial charge on any atom is 0.273 e. The fourth-order valence-electron chi connectivity index (χ4n) is 4.20. The van der Waals surface area contributed by atoms with Crippen molar-refractivity contribution in [2.24, 2.45) is 5.73 Å². The van der Waals surface area contributed by atoms with Crippen LogP contribution >= 0.6 is 12.2 Å². The summed E-state index contributed by atoms with van der Waals surface area (Å²) in [5, 5.41) is 5.20. The number of rotatable bonds is 7. The summed E-state index contributed by atoms with van der Waals surface area (Å²) in [5.74, 6) is -2.40. The van der Waals surface area contributed by atoms with E-state index >= 15 is 0 Å². The minimum atomic E-state index is -1.99. The van der Waals surface area contributed by atoms with Crippen LogP contribution in [0.25, 0.3) is 0 Å². The molecule has 3 amide bonds. The van der Waals surface area contributed by atoms with E-state index in [9.17, 15) is 14.4 Å². The molecular formula is C31H28N4O3S. The van der Waals surface area contributed by atoms with Crippen molar-refractivity contribution in [2.75, 3.05) is 7.05 Å². The zero-order valence-corrected chi connectivity index (χ0v) is 22.1. The quantitative estimate of drug-likeness (QED) is 0.245. The van der Waals surface area contributed by atoms with Gasteiger partial charge < -0.3 is 5.32 Å². The smallest absolute Gasteiger partial charge is 0.273 e. The van der Waals surface area contributed by atoms with Gasteiger partial charge in [-0.15, -0.1) is 0 Å². The van der Waals surface area contributed by atoms with E-state index in [2.05, 4.69) is 10.6 Å². The van der Waals surface area contributed by atoms with Crippen LogP contribution in [0.4, 0.5) is 0 Å². The van der Waals surface area contributed by atoms with Crippen molar-refractivity contribution < 1.29 is 14.4 Å². The Morgan fingerprint density at radius 2 is 1.18 bits per heavy atom. The number of nitrogens with one attached hydrogen (secondary N) is 2. The van der Waals surface area contributed by atoms with Gasteiger partial charge in [0, 0.05) is 18.2 Å². The third-order valence-corrected chi connectivity index (χ3v) is 6.66. The lowest BCUT2D eigenvalue weighted by atomic mass is 9.89. The fraction of sp³-hybridized carbons (Fsp3) is 0.0968. The molecule has 7 nitrogen and oxygen atoms in total. The molecule has 0 aliphatic rings. The average molecular weight is 537 g/mol. The molecule has 0 aliphatic carbocycles. The maximum atomic E-state index is 13.9. The van der Waals surface area contributed by atoms with Crippen molar-refractivity contribution >= 4 is 35.1 Å². The Morgan fingerprint density at radius 3 is 1.67 bits per heavy atom. The van der Waals surface area contributed by atoms with E-state index in [0.29, 0.717) is 11.1 Å². The molecule has 8 heteroatoms. The van der Waals surface area contributed by atoms with Gasteiger partial charge in [0.25, 0.3) is 11.8 Å². The Kier molecular flexibility index (Phi) is 8.60. The second kappa shape index (κ2) is 12.3. The van der Waals surface area contributed by atoms with Crippen LogP contribution in [0.15, 0.2) is 121 Å². The molecule has 0 aromatic heterocycles. The summed E-state index contributed by atoms with van der Waals surface area (Å²) in [6, 6.07) is 35.5. The van der Waals surface area contributed by atoms with Crippen molar-refractivity contribution in [3.8, 4) is 0 Å². The van der Waals surface area contributed by atoms with Crippen LogP contribution in [0.3, 0.4) is 0 Å². The number of hydrogen-bond donors (Lipinski definition) is 3. The number of likely N-dealkylation sites (N-methyl/N-ethyl adjacent to an activating group) is 1. The van der Waals surface area contributed by atoms with E-state index in [1.54, 1.807) is 60.7 Å². The zero-order valence-electron chi connectivity index (χ0n) is 21.3. The Labute approximate surface area is 232 Å². The highest BCUT2D eigenvalue weighted by Crippen LogP contribution is 2.27. The number of amides is 3. The third kappa shape index (κ3) is 6.26. The molecule has 39 heavy (non-hydrogen) atoms. The van der Waals surface area contributed by atoms with Crippen molar-refractivity contribution in [1.29, 1.82) is 0 Å². The van der Waals surface area contributed by atoms with Crippen LogP contribution in [0, 0.1) is 0 Å². The van der Waals surface area contributed by atoms with Gasteiger partial charge in [0.15, 0.2) is 10.8 Å². The van der Waals surface area contributed by atoms with E-state index in [0.717, 1.165) is 16.0 Å². The number of hydrogen-bond acceptors (Lipinski definition) is 5. The molecule has 4 rings (SSSR count). The summed E-state index contributed by atoms with van der Waals surface area (Å²) in [6.07, 6.45) is 0. The summed E-state index contributed by atoms with van der Waals surface area (Å²) in [4.78, 5) is 41.5. The molecule has 0 radical (unpaired) electrons. The molecule has 0 saturated heterocycles. The SMILES string of the molecule is CN(C(=O)C(N)(NC(=O)C(c1ccccc1)c1ccccc1)c1ccccc1)C(=S)NC(=O)c1ccccc1. The summed E-state index contributed by atoms with van der Waals surface area (Å²) < 4.78 is 0. The molecule has 0 saturated carbocycles. The highest BCUT2D eigenvalue weighted by atomic mass is 32.1. The maximum absolute atomic E-state index is 13.9. The fourth-order valence-corrected chi connectivity index (χ4v) is 4.38. The molecule has 196 valence electrons. The van der Waals surface area contributed by atoms with E-state index < -0.39 is 29.3 Å². The Hall–Kier alpha value is -4.66. The van der Waals surface area contributed by atoms with Gasteiger partial charge in [0.2, 0.25) is 5.91 Å². The normalized spacial score (nSPS) is 12.2. The van der Waals surface area contributed by atoms with Gasteiger partial charge in [0.05, 0.1) is 5.92 Å². The summed E-state index contributed by atoms with van der Waals surface area (Å²) in [7, 11) is 1.40. The number of nitrogens with zero attached hydrogens (tertiary/aromatic N) is 1. The zero-order chi connectivity index (χ0) is 27.8. The lowest BCUT2D eigenvalue weighted by Crippen LogP contribution is -2.64. The second-order valence-electron chi connectivity index (χ2n) is 8.91.